The van der Waals surface area contributed by atoms with Crippen molar-refractivity contribution in [3.8, 4) is 0 Å². The number of hydrogen-bond acceptors (Lipinski definition) is 7. The molecule has 1 amide bonds. The van der Waals surface area contributed by atoms with E-state index in [1.807, 2.05) is 11.8 Å². The molecule has 0 saturated carbocycles. The van der Waals surface area contributed by atoms with Gasteiger partial charge >= 0.3 is 5.97 Å². The first-order valence-corrected chi connectivity index (χ1v) is 10.1. The third-order valence-corrected chi connectivity index (χ3v) is 6.07. The first kappa shape index (κ1) is 20.8. The standard InChI is InChI=1S/C20H32N4O4/c1-5-27-19(26)20-7-6-8-24(18(25)17-13-28-21-15(17)2)12-16(20)11-23(14-20)10-9-22(3)4/h13,16H,5-12,14H2,1-4H3/t16-,20+/m1/s1. The first-order valence-electron chi connectivity index (χ1n) is 10.1. The predicted molar refractivity (Wildman–Crippen MR) is 104 cm³/mol. The molecule has 2 aliphatic rings. The number of likely N-dealkylation sites (N-methyl/N-ethyl adjacent to an activating group) is 1. The second-order valence-electron chi connectivity index (χ2n) is 8.28. The predicted octanol–water partition coefficient (Wildman–Crippen LogP) is 1.26. The van der Waals surface area contributed by atoms with Crippen LogP contribution in [-0.2, 0) is 9.53 Å². The van der Waals surface area contributed by atoms with E-state index < -0.39 is 5.41 Å². The summed E-state index contributed by atoms with van der Waals surface area (Å²) in [7, 11) is 4.11. The summed E-state index contributed by atoms with van der Waals surface area (Å²) < 4.78 is 10.5. The van der Waals surface area contributed by atoms with Gasteiger partial charge in [0.25, 0.3) is 5.91 Å². The molecule has 0 N–H and O–H groups in total. The summed E-state index contributed by atoms with van der Waals surface area (Å²) in [6.45, 7) is 8.56. The zero-order chi connectivity index (χ0) is 20.3. The first-order chi connectivity index (χ1) is 13.4. The highest BCUT2D eigenvalue weighted by molar-refractivity contribution is 5.95. The lowest BCUT2D eigenvalue weighted by Crippen LogP contribution is -2.43. The van der Waals surface area contributed by atoms with Crippen molar-refractivity contribution in [1.82, 2.24) is 19.9 Å². The van der Waals surface area contributed by atoms with Gasteiger partial charge in [-0.25, -0.2) is 0 Å². The Bertz CT molecular complexity index is 704. The SMILES string of the molecule is CCOC(=O)[C@]12CCCN(C(=O)c3conc3C)C[C@H]1CN(CCN(C)C)C2. The zero-order valence-electron chi connectivity index (χ0n) is 17.4. The summed E-state index contributed by atoms with van der Waals surface area (Å²) in [5, 5.41) is 3.83. The number of fused-ring (bicyclic) bond motifs is 1. The molecule has 2 atom stereocenters. The fourth-order valence-electron chi connectivity index (χ4n) is 4.51. The Hall–Kier alpha value is -1.93. The highest BCUT2D eigenvalue weighted by atomic mass is 16.5. The van der Waals surface area contributed by atoms with Gasteiger partial charge < -0.3 is 24.0 Å². The van der Waals surface area contributed by atoms with Crippen molar-refractivity contribution in [2.24, 2.45) is 11.3 Å². The average Bonchev–Trinajstić information content (AvgIpc) is 3.18. The topological polar surface area (TPSA) is 79.1 Å². The van der Waals surface area contributed by atoms with Gasteiger partial charge in [0.2, 0.25) is 0 Å². The van der Waals surface area contributed by atoms with Crippen LogP contribution < -0.4 is 0 Å². The van der Waals surface area contributed by atoms with E-state index in [4.69, 9.17) is 9.26 Å². The van der Waals surface area contributed by atoms with Crippen LogP contribution in [0.3, 0.4) is 0 Å². The summed E-state index contributed by atoms with van der Waals surface area (Å²) in [5.74, 6) is -0.103. The molecule has 156 valence electrons. The molecule has 1 aromatic heterocycles. The molecule has 0 bridgehead atoms. The van der Waals surface area contributed by atoms with E-state index >= 15 is 0 Å². The maximum absolute atomic E-state index is 13.0. The molecule has 2 aliphatic heterocycles. The summed E-state index contributed by atoms with van der Waals surface area (Å²) in [6, 6.07) is 0. The molecule has 0 spiro atoms. The van der Waals surface area contributed by atoms with Gasteiger partial charge in [-0.3, -0.25) is 9.59 Å². The van der Waals surface area contributed by atoms with Gasteiger partial charge in [-0.05, 0) is 40.8 Å². The molecule has 8 nitrogen and oxygen atoms in total. The second-order valence-corrected chi connectivity index (χ2v) is 8.28. The summed E-state index contributed by atoms with van der Waals surface area (Å²) in [6.07, 6.45) is 2.95. The number of carbonyl (C=O) groups is 2. The van der Waals surface area contributed by atoms with Crippen LogP contribution in [0.15, 0.2) is 10.8 Å². The molecule has 0 radical (unpaired) electrons. The molecule has 1 aromatic rings. The molecule has 0 aromatic carbocycles. The Labute approximate surface area is 166 Å². The lowest BCUT2D eigenvalue weighted by atomic mass is 9.75. The summed E-state index contributed by atoms with van der Waals surface area (Å²) >= 11 is 0. The molecular weight excluding hydrogens is 360 g/mol. The minimum Gasteiger partial charge on any atom is -0.466 e. The fourth-order valence-corrected chi connectivity index (χ4v) is 4.51. The number of hydrogen-bond donors (Lipinski definition) is 0. The Morgan fingerprint density at radius 2 is 2.18 bits per heavy atom. The quantitative estimate of drug-likeness (QED) is 0.675. The largest absolute Gasteiger partial charge is 0.466 e. The number of ether oxygens (including phenoxy) is 1. The molecule has 3 heterocycles. The normalized spacial score (nSPS) is 25.6. The maximum atomic E-state index is 13.0. The van der Waals surface area contributed by atoms with Crippen LogP contribution in [0.25, 0.3) is 0 Å². The van der Waals surface area contributed by atoms with Gasteiger partial charge in [-0.15, -0.1) is 0 Å². The highest BCUT2D eigenvalue weighted by Gasteiger charge is 2.54. The number of rotatable bonds is 6. The minimum absolute atomic E-state index is 0.0647. The monoisotopic (exact) mass is 392 g/mol. The van der Waals surface area contributed by atoms with Gasteiger partial charge in [0.1, 0.15) is 11.8 Å². The van der Waals surface area contributed by atoms with Crippen molar-refractivity contribution in [1.29, 1.82) is 0 Å². The van der Waals surface area contributed by atoms with Crippen molar-refractivity contribution in [2.45, 2.75) is 26.7 Å². The van der Waals surface area contributed by atoms with E-state index in [2.05, 4.69) is 29.1 Å². The van der Waals surface area contributed by atoms with Crippen molar-refractivity contribution in [3.63, 3.8) is 0 Å². The van der Waals surface area contributed by atoms with E-state index in [1.54, 1.807) is 6.92 Å². The van der Waals surface area contributed by atoms with Crippen LogP contribution in [0.1, 0.15) is 35.8 Å². The van der Waals surface area contributed by atoms with Crippen LogP contribution in [-0.4, -0.2) is 91.7 Å². The summed E-state index contributed by atoms with van der Waals surface area (Å²) in [4.78, 5) is 32.4. The summed E-state index contributed by atoms with van der Waals surface area (Å²) in [5.41, 5.74) is 0.581. The lowest BCUT2D eigenvalue weighted by molar-refractivity contribution is -0.157. The van der Waals surface area contributed by atoms with Crippen LogP contribution >= 0.6 is 0 Å². The molecule has 2 saturated heterocycles. The smallest absolute Gasteiger partial charge is 0.313 e. The van der Waals surface area contributed by atoms with E-state index in [0.717, 1.165) is 32.5 Å². The Morgan fingerprint density at radius 3 is 2.82 bits per heavy atom. The lowest BCUT2D eigenvalue weighted by Gasteiger charge is -2.31. The van der Waals surface area contributed by atoms with Crippen molar-refractivity contribution in [2.75, 3.05) is 60.0 Å². The van der Waals surface area contributed by atoms with E-state index in [-0.39, 0.29) is 17.8 Å². The molecular formula is C20H32N4O4. The molecule has 2 fully saturated rings. The van der Waals surface area contributed by atoms with Gasteiger partial charge in [0.05, 0.1) is 17.7 Å². The Balaban J connectivity index is 1.81. The van der Waals surface area contributed by atoms with Crippen LogP contribution in [0, 0.1) is 18.3 Å². The molecule has 28 heavy (non-hydrogen) atoms. The van der Waals surface area contributed by atoms with Crippen molar-refractivity contribution in [3.05, 3.63) is 17.5 Å². The number of amides is 1. The number of carbonyl (C=O) groups excluding carboxylic acids is 2. The van der Waals surface area contributed by atoms with Crippen molar-refractivity contribution < 1.29 is 18.8 Å². The molecule has 3 rings (SSSR count). The van der Waals surface area contributed by atoms with Gasteiger partial charge in [0.15, 0.2) is 0 Å². The third-order valence-electron chi connectivity index (χ3n) is 6.07. The minimum atomic E-state index is -0.527. The highest BCUT2D eigenvalue weighted by Crippen LogP contribution is 2.44. The number of nitrogens with zero attached hydrogens (tertiary/aromatic N) is 4. The van der Waals surface area contributed by atoms with Crippen LogP contribution in [0.2, 0.25) is 0 Å². The van der Waals surface area contributed by atoms with E-state index in [0.29, 0.717) is 37.5 Å². The van der Waals surface area contributed by atoms with Crippen molar-refractivity contribution >= 4 is 11.9 Å². The fraction of sp³-hybridized carbons (Fsp3) is 0.750. The third kappa shape index (κ3) is 4.07. The number of aromatic nitrogens is 1. The number of likely N-dealkylation sites (tertiary alicyclic amines) is 2. The van der Waals surface area contributed by atoms with E-state index in [1.165, 1.54) is 6.26 Å². The Morgan fingerprint density at radius 1 is 1.39 bits per heavy atom. The second kappa shape index (κ2) is 8.61. The molecule has 0 aliphatic carbocycles. The molecule has 8 heteroatoms. The van der Waals surface area contributed by atoms with Gasteiger partial charge in [-0.1, -0.05) is 5.16 Å². The van der Waals surface area contributed by atoms with Crippen LogP contribution in [0.4, 0.5) is 0 Å². The Kier molecular flexibility index (Phi) is 6.40. The maximum Gasteiger partial charge on any atom is 0.313 e. The van der Waals surface area contributed by atoms with Gasteiger partial charge in [-0.2, -0.15) is 0 Å². The number of aryl methyl sites for hydroxylation is 1. The van der Waals surface area contributed by atoms with E-state index in [9.17, 15) is 9.59 Å². The zero-order valence-corrected chi connectivity index (χ0v) is 17.4. The van der Waals surface area contributed by atoms with Gasteiger partial charge in [0, 0.05) is 45.2 Å². The number of esters is 1. The molecule has 0 unspecified atom stereocenters. The van der Waals surface area contributed by atoms with Crippen LogP contribution in [0.5, 0.6) is 0 Å². The average molecular weight is 393 g/mol.